The average molecular weight is 565 g/mol. The lowest BCUT2D eigenvalue weighted by atomic mass is 10.00. The minimum Gasteiger partial charge on any atom is -0.342 e. The Morgan fingerprint density at radius 3 is 1.69 bits per heavy atom. The molecule has 2 aliphatic rings. The number of likely N-dealkylation sites (N-methyl/N-ethyl adjacent to an activating group) is 2. The molecule has 0 spiro atoms. The minimum atomic E-state index is -1.10. The maximum Gasteiger partial charge on any atom is 0.327 e. The first-order valence-electron chi connectivity index (χ1n) is 12.2. The molecule has 0 aliphatic carbocycles. The van der Waals surface area contributed by atoms with Gasteiger partial charge in [0.1, 0.15) is 11.5 Å². The Kier molecular flexibility index (Phi) is 10.8. The van der Waals surface area contributed by atoms with Gasteiger partial charge in [-0.05, 0) is 73.0 Å². The van der Waals surface area contributed by atoms with E-state index >= 15 is 0 Å². The molecule has 2 unspecified atom stereocenters. The first-order valence-corrected chi connectivity index (χ1v) is 16.0. The van der Waals surface area contributed by atoms with Crippen molar-refractivity contribution < 1.29 is 18.0 Å². The molecule has 3 amide bonds. The third-order valence-electron chi connectivity index (χ3n) is 6.68. The number of carbonyl (C=O) groups excluding carboxylic acids is 2. The van der Waals surface area contributed by atoms with Crippen LogP contribution in [0.3, 0.4) is 0 Å². The highest BCUT2D eigenvalue weighted by molar-refractivity contribution is 7.85. The summed E-state index contributed by atoms with van der Waals surface area (Å²) in [7, 11) is -2.12. The summed E-state index contributed by atoms with van der Waals surface area (Å²) in [5.41, 5.74) is -0.994. The van der Waals surface area contributed by atoms with Crippen LogP contribution in [0.1, 0.15) is 60.8 Å². The molecular formula is C23H40N4O4S4. The van der Waals surface area contributed by atoms with E-state index in [-0.39, 0.29) is 24.0 Å². The van der Waals surface area contributed by atoms with Gasteiger partial charge < -0.3 is 14.7 Å². The van der Waals surface area contributed by atoms with Crippen LogP contribution < -0.4 is 0 Å². The van der Waals surface area contributed by atoms with Crippen molar-refractivity contribution in [3.8, 4) is 0 Å². The lowest BCUT2D eigenvalue weighted by molar-refractivity contribution is -0.128. The van der Waals surface area contributed by atoms with Crippen LogP contribution in [0.25, 0.3) is 0 Å². The van der Waals surface area contributed by atoms with Crippen molar-refractivity contribution in [2.75, 3.05) is 49.2 Å². The van der Waals surface area contributed by atoms with Crippen molar-refractivity contribution in [2.45, 2.75) is 71.9 Å². The van der Waals surface area contributed by atoms with Crippen LogP contribution in [-0.2, 0) is 26.4 Å². The van der Waals surface area contributed by atoms with E-state index in [1.165, 1.54) is 9.80 Å². The predicted molar refractivity (Wildman–Crippen MR) is 152 cm³/mol. The van der Waals surface area contributed by atoms with Crippen molar-refractivity contribution in [3.05, 3.63) is 0 Å². The Bertz CT molecular complexity index is 823. The number of carbonyl (C=O) groups is 2. The molecule has 2 heterocycles. The van der Waals surface area contributed by atoms with Gasteiger partial charge in [-0.1, -0.05) is 12.2 Å². The van der Waals surface area contributed by atoms with Gasteiger partial charge in [0, 0.05) is 68.8 Å². The van der Waals surface area contributed by atoms with Crippen molar-refractivity contribution in [1.29, 1.82) is 0 Å². The van der Waals surface area contributed by atoms with Crippen LogP contribution in [0.5, 0.6) is 0 Å². The largest absolute Gasteiger partial charge is 0.342 e. The van der Waals surface area contributed by atoms with Gasteiger partial charge in [0.2, 0.25) is 0 Å². The third kappa shape index (κ3) is 7.52. The van der Waals surface area contributed by atoms with Gasteiger partial charge in [-0.15, -0.1) is 0 Å². The molecule has 0 N–H and O–H groups in total. The molecule has 2 atom stereocenters. The number of nitrogens with zero attached hydrogens (tertiary/aromatic N) is 4. The molecule has 2 saturated heterocycles. The second-order valence-electron chi connectivity index (χ2n) is 10.2. The fourth-order valence-corrected chi connectivity index (χ4v) is 8.40. The van der Waals surface area contributed by atoms with Gasteiger partial charge in [-0.2, -0.15) is 0 Å². The number of urea groups is 1. The molecular weight excluding hydrogens is 525 g/mol. The topological polar surface area (TPSA) is 81.2 Å². The lowest BCUT2D eigenvalue weighted by Crippen LogP contribution is -2.49. The highest BCUT2D eigenvalue weighted by atomic mass is 32.2. The van der Waals surface area contributed by atoms with E-state index in [2.05, 4.69) is 25.7 Å². The maximum absolute atomic E-state index is 12.6. The molecule has 2 aliphatic heterocycles. The molecule has 2 fully saturated rings. The molecule has 0 radical (unpaired) electrons. The van der Waals surface area contributed by atoms with Gasteiger partial charge in [-0.3, -0.25) is 18.1 Å². The summed E-state index contributed by atoms with van der Waals surface area (Å²) in [5, 5.41) is 0.742. The summed E-state index contributed by atoms with van der Waals surface area (Å²) in [6.07, 6.45) is 1.77. The number of rotatable bonds is 14. The lowest BCUT2D eigenvalue weighted by Gasteiger charge is -2.36. The van der Waals surface area contributed by atoms with Gasteiger partial charge >= 0.3 is 6.03 Å². The zero-order valence-corrected chi connectivity index (χ0v) is 25.1. The molecule has 2 rings (SSSR count). The Labute approximate surface area is 226 Å². The predicted octanol–water partition coefficient (Wildman–Crippen LogP) is 2.75. The average Bonchev–Trinajstić information content (AvgIpc) is 3.24. The first kappa shape index (κ1) is 30.2. The molecule has 35 heavy (non-hydrogen) atoms. The van der Waals surface area contributed by atoms with E-state index in [0.29, 0.717) is 55.4 Å². The Morgan fingerprint density at radius 1 is 0.771 bits per heavy atom. The van der Waals surface area contributed by atoms with Crippen LogP contribution in [0, 0.1) is 0 Å². The highest BCUT2D eigenvalue weighted by Crippen LogP contribution is 2.27. The summed E-state index contributed by atoms with van der Waals surface area (Å²) in [6.45, 7) is 13.8. The van der Waals surface area contributed by atoms with Gasteiger partial charge in [0.25, 0.3) is 5.91 Å². The summed E-state index contributed by atoms with van der Waals surface area (Å²) in [5.74, 6) is 1.68. The molecule has 12 heteroatoms. The smallest absolute Gasteiger partial charge is 0.327 e. The van der Waals surface area contributed by atoms with Gasteiger partial charge in [0.15, 0.2) is 5.11 Å². The summed E-state index contributed by atoms with van der Waals surface area (Å²) < 4.78 is 25.2. The van der Waals surface area contributed by atoms with Gasteiger partial charge in [0.05, 0.1) is 6.54 Å². The Hall–Kier alpha value is -0.980. The van der Waals surface area contributed by atoms with Crippen molar-refractivity contribution in [3.63, 3.8) is 0 Å². The molecule has 8 nitrogen and oxygen atoms in total. The second-order valence-corrected chi connectivity index (χ2v) is 14.5. The van der Waals surface area contributed by atoms with Crippen LogP contribution >= 0.6 is 24.4 Å². The minimum absolute atomic E-state index is 0.108. The Balaban J connectivity index is 1.74. The standard InChI is InChI=1S/C23H40N4O4S4/c1-7-24-16-18(28)26(20(24)29)22(3,4)10-14-34(30)12-9-13-35(31)15-11-23(5,6)27-19(32)17-25(8-2)21(27)33/h7-17H2,1-6H3. The zero-order chi connectivity index (χ0) is 26.6. The van der Waals surface area contributed by atoms with Crippen LogP contribution in [0.15, 0.2) is 0 Å². The number of hydrogen-bond donors (Lipinski definition) is 0. The van der Waals surface area contributed by atoms with E-state index in [9.17, 15) is 18.0 Å². The van der Waals surface area contributed by atoms with E-state index in [1.807, 2.05) is 25.7 Å². The molecule has 0 bridgehead atoms. The fraction of sp³-hybridized carbons (Fsp3) is 0.826. The number of imide groups is 1. The summed E-state index contributed by atoms with van der Waals surface area (Å²) >= 11 is 11.1. The quantitative estimate of drug-likeness (QED) is 0.235. The Morgan fingerprint density at radius 2 is 1.26 bits per heavy atom. The first-order chi connectivity index (χ1) is 16.2. The van der Waals surface area contributed by atoms with Crippen LogP contribution in [0.4, 0.5) is 4.79 Å². The van der Waals surface area contributed by atoms with E-state index in [1.54, 1.807) is 0 Å². The summed E-state index contributed by atoms with van der Waals surface area (Å²) in [4.78, 5) is 32.5. The number of amides is 3. The van der Waals surface area contributed by atoms with Crippen LogP contribution in [0.2, 0.25) is 0 Å². The molecule has 0 aromatic heterocycles. The normalized spacial score (nSPS) is 19.4. The molecule has 0 aromatic rings. The monoisotopic (exact) mass is 564 g/mol. The SMILES string of the molecule is CCN1CC(=O)N(C(C)(C)CCS(=O)CCCS(=O)CCC(C)(C)N2C(=S)CN(CC)C2=S)C1=O. The van der Waals surface area contributed by atoms with Crippen molar-refractivity contribution in [2.24, 2.45) is 0 Å². The van der Waals surface area contributed by atoms with Crippen LogP contribution in [-0.4, -0.2) is 110 Å². The third-order valence-corrected chi connectivity index (χ3v) is 10.2. The van der Waals surface area contributed by atoms with E-state index < -0.39 is 27.1 Å². The molecule has 0 aromatic carbocycles. The maximum atomic E-state index is 12.6. The van der Waals surface area contributed by atoms with Crippen molar-refractivity contribution in [1.82, 2.24) is 19.6 Å². The van der Waals surface area contributed by atoms with Crippen molar-refractivity contribution >= 4 is 68.1 Å². The zero-order valence-electron chi connectivity index (χ0n) is 21.8. The second kappa shape index (κ2) is 12.5. The fourth-order valence-electron chi connectivity index (χ4n) is 4.32. The highest BCUT2D eigenvalue weighted by Gasteiger charge is 2.44. The number of thiocarbonyl (C=S) groups is 2. The molecule has 0 saturated carbocycles. The van der Waals surface area contributed by atoms with E-state index in [4.69, 9.17) is 24.4 Å². The number of hydrogen-bond acceptors (Lipinski definition) is 6. The van der Waals surface area contributed by atoms with Gasteiger partial charge in [-0.25, -0.2) is 4.79 Å². The summed E-state index contributed by atoms with van der Waals surface area (Å²) in [6, 6.07) is -0.274. The van der Waals surface area contributed by atoms with E-state index in [0.717, 1.165) is 16.6 Å². The molecule has 200 valence electrons.